The van der Waals surface area contributed by atoms with Crippen molar-refractivity contribution in [1.82, 2.24) is 15.6 Å². The van der Waals surface area contributed by atoms with E-state index in [0.29, 0.717) is 6.54 Å². The number of hydrogen-bond acceptors (Lipinski definition) is 3. The summed E-state index contributed by atoms with van der Waals surface area (Å²) >= 11 is 0. The lowest BCUT2D eigenvalue weighted by Crippen LogP contribution is -2.52. The maximum absolute atomic E-state index is 13.4. The van der Waals surface area contributed by atoms with E-state index >= 15 is 0 Å². The van der Waals surface area contributed by atoms with Crippen molar-refractivity contribution in [2.45, 2.75) is 32.7 Å². The van der Waals surface area contributed by atoms with Crippen molar-refractivity contribution in [3.63, 3.8) is 0 Å². The molecule has 104 valence electrons. The van der Waals surface area contributed by atoms with Crippen molar-refractivity contribution >= 4 is 5.91 Å². The lowest BCUT2D eigenvalue weighted by Gasteiger charge is -2.39. The Morgan fingerprint density at radius 1 is 1.63 bits per heavy atom. The number of rotatable bonds is 3. The van der Waals surface area contributed by atoms with Crippen LogP contribution in [0.4, 0.5) is 4.39 Å². The Morgan fingerprint density at radius 2 is 2.42 bits per heavy atom. The number of amides is 1. The van der Waals surface area contributed by atoms with Gasteiger partial charge in [0.05, 0.1) is 11.8 Å². The summed E-state index contributed by atoms with van der Waals surface area (Å²) in [5.41, 5.74) is 0.186. The van der Waals surface area contributed by atoms with E-state index in [-0.39, 0.29) is 22.9 Å². The van der Waals surface area contributed by atoms with E-state index in [1.54, 1.807) is 0 Å². The van der Waals surface area contributed by atoms with Gasteiger partial charge in [-0.1, -0.05) is 13.8 Å². The van der Waals surface area contributed by atoms with Crippen LogP contribution in [0.2, 0.25) is 0 Å². The molecule has 0 bridgehead atoms. The third-order valence-corrected chi connectivity index (χ3v) is 3.82. The van der Waals surface area contributed by atoms with Crippen molar-refractivity contribution in [1.29, 1.82) is 0 Å². The van der Waals surface area contributed by atoms with Gasteiger partial charge in [0.1, 0.15) is 0 Å². The minimum atomic E-state index is -0.587. The number of aromatic nitrogens is 1. The van der Waals surface area contributed by atoms with E-state index in [1.165, 1.54) is 12.3 Å². The van der Waals surface area contributed by atoms with Crippen LogP contribution in [0.25, 0.3) is 0 Å². The van der Waals surface area contributed by atoms with Crippen LogP contribution in [0, 0.1) is 11.2 Å². The number of nitrogens with one attached hydrogen (secondary N) is 2. The number of pyridine rings is 1. The van der Waals surface area contributed by atoms with Crippen LogP contribution in [-0.4, -0.2) is 30.0 Å². The summed E-state index contributed by atoms with van der Waals surface area (Å²) in [6, 6.07) is 1.61. The molecular weight excluding hydrogens is 245 g/mol. The molecule has 1 aliphatic rings. The van der Waals surface area contributed by atoms with Gasteiger partial charge in [0.2, 0.25) is 0 Å². The van der Waals surface area contributed by atoms with Gasteiger partial charge in [-0.25, -0.2) is 4.39 Å². The average molecular weight is 265 g/mol. The molecule has 2 N–H and O–H groups in total. The van der Waals surface area contributed by atoms with Crippen LogP contribution in [0.15, 0.2) is 18.5 Å². The monoisotopic (exact) mass is 265 g/mol. The van der Waals surface area contributed by atoms with Crippen LogP contribution in [0.3, 0.4) is 0 Å². The van der Waals surface area contributed by atoms with Crippen LogP contribution in [0.5, 0.6) is 0 Å². The van der Waals surface area contributed by atoms with Crippen LogP contribution in [-0.2, 0) is 0 Å². The van der Waals surface area contributed by atoms with E-state index in [9.17, 15) is 9.18 Å². The normalized spacial score (nSPS) is 21.9. The zero-order valence-corrected chi connectivity index (χ0v) is 11.4. The minimum Gasteiger partial charge on any atom is -0.350 e. The Morgan fingerprint density at radius 3 is 3.11 bits per heavy atom. The van der Waals surface area contributed by atoms with E-state index in [0.717, 1.165) is 25.6 Å². The van der Waals surface area contributed by atoms with E-state index < -0.39 is 5.82 Å². The molecule has 1 fully saturated rings. The largest absolute Gasteiger partial charge is 0.350 e. The average Bonchev–Trinajstić information content (AvgIpc) is 2.37. The van der Waals surface area contributed by atoms with Crippen molar-refractivity contribution in [3.8, 4) is 0 Å². The van der Waals surface area contributed by atoms with Gasteiger partial charge in [0.25, 0.3) is 5.91 Å². The number of piperidine rings is 1. The number of carbonyl (C=O) groups excluding carboxylic acids is 1. The molecule has 0 radical (unpaired) electrons. The molecule has 4 nitrogen and oxygen atoms in total. The van der Waals surface area contributed by atoms with Gasteiger partial charge < -0.3 is 10.6 Å². The topological polar surface area (TPSA) is 54.0 Å². The van der Waals surface area contributed by atoms with E-state index in [2.05, 4.69) is 29.5 Å². The molecule has 1 aromatic rings. The predicted molar refractivity (Wildman–Crippen MR) is 71.3 cm³/mol. The third kappa shape index (κ3) is 3.29. The molecule has 1 aromatic heterocycles. The molecule has 1 aliphatic heterocycles. The second-order valence-corrected chi connectivity index (χ2v) is 5.66. The maximum atomic E-state index is 13.4. The molecule has 1 unspecified atom stereocenters. The van der Waals surface area contributed by atoms with Crippen LogP contribution in [0.1, 0.15) is 37.0 Å². The van der Waals surface area contributed by atoms with E-state index in [4.69, 9.17) is 0 Å². The second kappa shape index (κ2) is 5.65. The molecule has 0 aromatic carbocycles. The Hall–Kier alpha value is -1.49. The fraction of sp³-hybridized carbons (Fsp3) is 0.571. The van der Waals surface area contributed by atoms with Gasteiger partial charge in [0, 0.05) is 18.8 Å². The standard InChI is InChI=1S/C14H20FN3O/c1-14(2)5-3-6-17-12(14)9-18-13(19)10-4-7-16-8-11(10)15/h4,7-8,12,17H,3,5-6,9H2,1-2H3,(H,18,19). The number of nitrogens with zero attached hydrogens (tertiary/aromatic N) is 1. The fourth-order valence-corrected chi connectivity index (χ4v) is 2.47. The maximum Gasteiger partial charge on any atom is 0.254 e. The SMILES string of the molecule is CC1(C)CCCNC1CNC(=O)c1ccncc1F. The Kier molecular flexibility index (Phi) is 4.14. The molecule has 2 rings (SSSR count). The fourth-order valence-electron chi connectivity index (χ4n) is 2.47. The number of halogens is 1. The minimum absolute atomic E-state index is 0.0450. The summed E-state index contributed by atoms with van der Waals surface area (Å²) in [5.74, 6) is -0.973. The van der Waals surface area contributed by atoms with E-state index in [1.807, 2.05) is 0 Å². The van der Waals surface area contributed by atoms with Gasteiger partial charge in [-0.2, -0.15) is 0 Å². The quantitative estimate of drug-likeness (QED) is 0.875. The first kappa shape index (κ1) is 13.9. The predicted octanol–water partition coefficient (Wildman–Crippen LogP) is 1.73. The summed E-state index contributed by atoms with van der Waals surface area (Å²) in [5, 5.41) is 6.21. The van der Waals surface area contributed by atoms with Gasteiger partial charge in [-0.15, -0.1) is 0 Å². The number of hydrogen-bond donors (Lipinski definition) is 2. The summed E-state index contributed by atoms with van der Waals surface area (Å²) in [6.07, 6.45) is 4.75. The highest BCUT2D eigenvalue weighted by Crippen LogP contribution is 2.29. The molecule has 5 heteroatoms. The molecule has 2 heterocycles. The molecule has 0 aliphatic carbocycles. The second-order valence-electron chi connectivity index (χ2n) is 5.66. The Balaban J connectivity index is 1.95. The lowest BCUT2D eigenvalue weighted by molar-refractivity contribution is 0.0924. The Labute approximate surface area is 112 Å². The van der Waals surface area contributed by atoms with Crippen molar-refractivity contribution in [3.05, 3.63) is 29.8 Å². The smallest absolute Gasteiger partial charge is 0.254 e. The lowest BCUT2D eigenvalue weighted by atomic mass is 9.77. The molecule has 1 amide bonds. The summed E-state index contributed by atoms with van der Waals surface area (Å²) in [7, 11) is 0. The van der Waals surface area contributed by atoms with Gasteiger partial charge in [-0.05, 0) is 30.9 Å². The first-order chi connectivity index (χ1) is 9.00. The number of carbonyl (C=O) groups is 1. The molecule has 1 atom stereocenters. The van der Waals surface area contributed by atoms with Crippen molar-refractivity contribution in [2.24, 2.45) is 5.41 Å². The zero-order valence-electron chi connectivity index (χ0n) is 11.4. The molecule has 0 saturated carbocycles. The van der Waals surface area contributed by atoms with Gasteiger partial charge in [-0.3, -0.25) is 9.78 Å². The van der Waals surface area contributed by atoms with Crippen molar-refractivity contribution in [2.75, 3.05) is 13.1 Å². The first-order valence-electron chi connectivity index (χ1n) is 6.62. The molecular formula is C14H20FN3O. The Bertz CT molecular complexity index is 462. The van der Waals surface area contributed by atoms with Crippen LogP contribution < -0.4 is 10.6 Å². The summed E-state index contributed by atoms with van der Waals surface area (Å²) < 4.78 is 13.4. The molecule has 1 saturated heterocycles. The zero-order chi connectivity index (χ0) is 13.9. The van der Waals surface area contributed by atoms with Gasteiger partial charge >= 0.3 is 0 Å². The molecule has 0 spiro atoms. The highest BCUT2D eigenvalue weighted by Gasteiger charge is 2.32. The third-order valence-electron chi connectivity index (χ3n) is 3.82. The van der Waals surface area contributed by atoms with Crippen LogP contribution >= 0.6 is 0 Å². The highest BCUT2D eigenvalue weighted by molar-refractivity contribution is 5.94. The summed E-state index contributed by atoms with van der Waals surface area (Å²) in [4.78, 5) is 15.5. The summed E-state index contributed by atoms with van der Waals surface area (Å²) in [6.45, 7) is 5.84. The van der Waals surface area contributed by atoms with Gasteiger partial charge in [0.15, 0.2) is 5.82 Å². The van der Waals surface area contributed by atoms with Crippen molar-refractivity contribution < 1.29 is 9.18 Å². The highest BCUT2D eigenvalue weighted by atomic mass is 19.1. The first-order valence-corrected chi connectivity index (χ1v) is 6.62. The molecule has 19 heavy (non-hydrogen) atoms.